The lowest BCUT2D eigenvalue weighted by Crippen LogP contribution is -3.00. The van der Waals surface area contributed by atoms with E-state index in [0.29, 0.717) is 12.4 Å². The maximum Gasteiger partial charge on any atom is 0.273 e. The molecule has 0 radical (unpaired) electrons. The van der Waals surface area contributed by atoms with E-state index in [4.69, 9.17) is 12.2 Å². The molecule has 1 aromatic rings. The molecule has 1 rings (SSSR count). The zero-order chi connectivity index (χ0) is 8.27. The van der Waals surface area contributed by atoms with Gasteiger partial charge in [-0.1, -0.05) is 5.92 Å². The summed E-state index contributed by atoms with van der Waals surface area (Å²) in [5.74, 6) is 3.24. The Bertz CT molecular complexity index is 302. The van der Waals surface area contributed by atoms with Crippen molar-refractivity contribution in [2.75, 3.05) is 5.73 Å². The van der Waals surface area contributed by atoms with Gasteiger partial charge in [-0.2, -0.15) is 0 Å². The monoisotopic (exact) mass is 226 g/mol. The van der Waals surface area contributed by atoms with Crippen molar-refractivity contribution >= 4 is 5.82 Å². The highest BCUT2D eigenvalue weighted by Crippen LogP contribution is 1.97. The van der Waals surface area contributed by atoms with Crippen LogP contribution in [0, 0.1) is 19.3 Å². The van der Waals surface area contributed by atoms with Crippen molar-refractivity contribution in [1.82, 2.24) is 0 Å². The van der Waals surface area contributed by atoms with Gasteiger partial charge in [-0.05, 0) is 18.6 Å². The van der Waals surface area contributed by atoms with Crippen molar-refractivity contribution < 1.29 is 21.5 Å². The van der Waals surface area contributed by atoms with Gasteiger partial charge in [-0.25, -0.2) is 4.57 Å². The number of nitrogens with zero attached hydrogens (tertiary/aromatic N) is 1. The van der Waals surface area contributed by atoms with Crippen LogP contribution in [0.25, 0.3) is 0 Å². The van der Waals surface area contributed by atoms with Crippen LogP contribution in [0.15, 0.2) is 18.3 Å². The highest BCUT2D eigenvalue weighted by molar-refractivity contribution is 5.25. The summed E-state index contributed by atoms with van der Waals surface area (Å²) in [5, 5.41) is 0. The molecule has 0 aliphatic rings. The van der Waals surface area contributed by atoms with Crippen LogP contribution in [0.3, 0.4) is 0 Å². The Labute approximate surface area is 83.2 Å². The van der Waals surface area contributed by atoms with Crippen molar-refractivity contribution in [2.24, 2.45) is 0 Å². The van der Waals surface area contributed by atoms with Crippen LogP contribution in [0.2, 0.25) is 0 Å². The van der Waals surface area contributed by atoms with Gasteiger partial charge in [0.15, 0.2) is 6.54 Å². The van der Waals surface area contributed by atoms with E-state index in [-0.39, 0.29) is 17.0 Å². The molecule has 0 aliphatic carbocycles. The summed E-state index contributed by atoms with van der Waals surface area (Å²) in [7, 11) is 0. The topological polar surface area (TPSA) is 29.9 Å². The largest absolute Gasteiger partial charge is 1.00 e. The molecule has 0 spiro atoms. The second-order valence-corrected chi connectivity index (χ2v) is 2.46. The summed E-state index contributed by atoms with van der Waals surface area (Å²) in [4.78, 5) is 0. The molecule has 0 bridgehead atoms. The predicted molar refractivity (Wildman–Crippen MR) is 44.6 cm³/mol. The van der Waals surface area contributed by atoms with Crippen molar-refractivity contribution in [3.05, 3.63) is 23.9 Å². The van der Waals surface area contributed by atoms with Gasteiger partial charge in [-0.15, -0.1) is 6.42 Å². The van der Waals surface area contributed by atoms with Gasteiger partial charge < -0.3 is 17.0 Å². The van der Waals surface area contributed by atoms with E-state index in [0.717, 1.165) is 5.56 Å². The normalized spacial score (nSPS) is 8.33. The molecule has 12 heavy (non-hydrogen) atoms. The second-order valence-electron chi connectivity index (χ2n) is 2.46. The second kappa shape index (κ2) is 4.78. The van der Waals surface area contributed by atoms with Crippen LogP contribution >= 0.6 is 0 Å². The SMILES string of the molecule is C#CC[n+]1ccc(C)cc1N.[Br-]. The minimum Gasteiger partial charge on any atom is -1.00 e. The minimum atomic E-state index is 0. The number of nitrogen functional groups attached to an aromatic ring is 1. The average molecular weight is 227 g/mol. The molecular weight excluding hydrogens is 216 g/mol. The Balaban J connectivity index is 0.00000121. The van der Waals surface area contributed by atoms with E-state index in [2.05, 4.69) is 5.92 Å². The first-order valence-electron chi connectivity index (χ1n) is 3.43. The van der Waals surface area contributed by atoms with Gasteiger partial charge in [-0.3, -0.25) is 5.73 Å². The van der Waals surface area contributed by atoms with Gasteiger partial charge in [0.2, 0.25) is 0 Å². The van der Waals surface area contributed by atoms with Crippen molar-refractivity contribution in [3.63, 3.8) is 0 Å². The number of hydrogen-bond donors (Lipinski definition) is 1. The lowest BCUT2D eigenvalue weighted by molar-refractivity contribution is -0.670. The van der Waals surface area contributed by atoms with Gasteiger partial charge in [0.25, 0.3) is 5.82 Å². The van der Waals surface area contributed by atoms with Crippen LogP contribution < -0.4 is 27.3 Å². The van der Waals surface area contributed by atoms with E-state index in [9.17, 15) is 0 Å². The number of aryl methyl sites for hydroxylation is 1. The standard InChI is InChI=1S/C9H10N2.BrH/c1-3-5-11-6-4-8(2)7-9(11)10;/h1,4,6-7,10H,5H2,2H3;1H. The molecule has 2 nitrogen and oxygen atoms in total. The van der Waals surface area contributed by atoms with E-state index in [1.165, 1.54) is 0 Å². The maximum atomic E-state index is 5.67. The highest BCUT2D eigenvalue weighted by Gasteiger charge is 2.00. The van der Waals surface area contributed by atoms with Crippen LogP contribution in [-0.4, -0.2) is 0 Å². The fourth-order valence-electron chi connectivity index (χ4n) is 0.900. The Hall–Kier alpha value is -1.01. The number of pyridine rings is 1. The predicted octanol–water partition coefficient (Wildman–Crippen LogP) is -2.50. The molecule has 0 amide bonds. The van der Waals surface area contributed by atoms with Crippen molar-refractivity contribution in [3.8, 4) is 12.3 Å². The summed E-state index contributed by atoms with van der Waals surface area (Å²) < 4.78 is 1.83. The third kappa shape index (κ3) is 2.55. The number of halogens is 1. The number of hydrogen-bond acceptors (Lipinski definition) is 1. The third-order valence-corrected chi connectivity index (χ3v) is 1.49. The lowest BCUT2D eigenvalue weighted by Gasteiger charge is -1.98. The Morgan fingerprint density at radius 2 is 2.33 bits per heavy atom. The molecule has 0 saturated carbocycles. The molecule has 0 saturated heterocycles. The molecule has 2 N–H and O–H groups in total. The first-order chi connectivity index (χ1) is 5.24. The van der Waals surface area contributed by atoms with E-state index in [1.54, 1.807) is 0 Å². The molecule has 3 heteroatoms. The number of aromatic nitrogens is 1. The van der Waals surface area contributed by atoms with Crippen LogP contribution in [0.4, 0.5) is 5.82 Å². The fourth-order valence-corrected chi connectivity index (χ4v) is 0.900. The van der Waals surface area contributed by atoms with Crippen LogP contribution in [0.5, 0.6) is 0 Å². The lowest BCUT2D eigenvalue weighted by atomic mass is 10.3. The first kappa shape index (κ1) is 11.0. The number of rotatable bonds is 1. The molecule has 0 aliphatic heterocycles. The molecule has 1 heterocycles. The summed E-state index contributed by atoms with van der Waals surface area (Å²) in [6.45, 7) is 2.53. The third-order valence-electron chi connectivity index (χ3n) is 1.49. The smallest absolute Gasteiger partial charge is 0.273 e. The van der Waals surface area contributed by atoms with Crippen molar-refractivity contribution in [2.45, 2.75) is 13.5 Å². The summed E-state index contributed by atoms with van der Waals surface area (Å²) in [6.07, 6.45) is 7.03. The summed E-state index contributed by atoms with van der Waals surface area (Å²) in [6, 6.07) is 3.88. The van der Waals surface area contributed by atoms with Crippen LogP contribution in [0.1, 0.15) is 5.56 Å². The quantitative estimate of drug-likeness (QED) is 0.417. The minimum absolute atomic E-state index is 0. The number of anilines is 1. The van der Waals surface area contributed by atoms with E-state index < -0.39 is 0 Å². The van der Waals surface area contributed by atoms with E-state index in [1.807, 2.05) is 29.8 Å². The molecule has 64 valence electrons. The van der Waals surface area contributed by atoms with Gasteiger partial charge in [0.1, 0.15) is 0 Å². The molecule has 0 fully saturated rings. The molecule has 0 atom stereocenters. The maximum absolute atomic E-state index is 5.67. The van der Waals surface area contributed by atoms with Gasteiger partial charge >= 0.3 is 0 Å². The Morgan fingerprint density at radius 3 is 2.83 bits per heavy atom. The summed E-state index contributed by atoms with van der Waals surface area (Å²) >= 11 is 0. The van der Waals surface area contributed by atoms with Crippen LogP contribution in [-0.2, 0) is 6.54 Å². The number of terminal acetylenes is 1. The highest BCUT2D eigenvalue weighted by atomic mass is 79.9. The average Bonchev–Trinajstić information content (AvgIpc) is 1.95. The zero-order valence-corrected chi connectivity index (χ0v) is 8.51. The van der Waals surface area contributed by atoms with Gasteiger partial charge in [0, 0.05) is 6.07 Å². The molecule has 0 aromatic carbocycles. The summed E-state index contributed by atoms with van der Waals surface area (Å²) in [5.41, 5.74) is 6.82. The molecule has 0 unspecified atom stereocenters. The van der Waals surface area contributed by atoms with Crippen molar-refractivity contribution in [1.29, 1.82) is 0 Å². The zero-order valence-electron chi connectivity index (χ0n) is 6.92. The molecular formula is C9H11BrN2. The molecule has 1 aromatic heterocycles. The Morgan fingerprint density at radius 1 is 1.67 bits per heavy atom. The van der Waals surface area contributed by atoms with E-state index >= 15 is 0 Å². The Kier molecular flexibility index (Phi) is 4.38. The van der Waals surface area contributed by atoms with Gasteiger partial charge in [0.05, 0.1) is 6.20 Å². The number of nitrogens with two attached hydrogens (primary N) is 1. The fraction of sp³-hybridized carbons (Fsp3) is 0.222. The first-order valence-corrected chi connectivity index (χ1v) is 3.43.